The molecule has 0 fully saturated rings. The minimum atomic E-state index is -0.662. The molecule has 2 aromatic carbocycles. The Bertz CT molecular complexity index is 657. The fourth-order valence-electron chi connectivity index (χ4n) is 2.38. The number of aromatic hydroxyl groups is 1. The summed E-state index contributed by atoms with van der Waals surface area (Å²) in [6, 6.07) is 13.8. The predicted molar refractivity (Wildman–Crippen MR) is 87.6 cm³/mol. The Kier molecular flexibility index (Phi) is 5.60. The van der Waals surface area contributed by atoms with Gasteiger partial charge in [-0.25, -0.2) is 0 Å². The first-order chi connectivity index (χ1) is 11.0. The molecular weight excluding hydrogens is 294 g/mol. The Morgan fingerprint density at radius 2 is 1.87 bits per heavy atom. The molecule has 1 amide bonds. The maximum atomic E-state index is 12.3. The van der Waals surface area contributed by atoms with E-state index in [1.165, 1.54) is 13.2 Å². The molecule has 23 heavy (non-hydrogen) atoms. The number of amides is 1. The van der Waals surface area contributed by atoms with Gasteiger partial charge in [-0.05, 0) is 31.0 Å². The van der Waals surface area contributed by atoms with Gasteiger partial charge in [-0.3, -0.25) is 4.79 Å². The molecule has 5 nitrogen and oxygen atoms in total. The molecule has 0 spiro atoms. The molecule has 5 heteroatoms. The van der Waals surface area contributed by atoms with E-state index >= 15 is 0 Å². The smallest absolute Gasteiger partial charge is 0.255 e. The van der Waals surface area contributed by atoms with Gasteiger partial charge >= 0.3 is 0 Å². The summed E-state index contributed by atoms with van der Waals surface area (Å²) in [6.45, 7) is 1.81. The van der Waals surface area contributed by atoms with Crippen LogP contribution in [0.15, 0.2) is 48.5 Å². The maximum Gasteiger partial charge on any atom is 0.255 e. The first-order valence-electron chi connectivity index (χ1n) is 7.42. The average molecular weight is 315 g/mol. The number of nitrogens with one attached hydrogen (secondary N) is 1. The van der Waals surface area contributed by atoms with E-state index in [-0.39, 0.29) is 23.1 Å². The lowest BCUT2D eigenvalue weighted by molar-refractivity contribution is 0.0913. The Morgan fingerprint density at radius 3 is 2.52 bits per heavy atom. The molecule has 2 aromatic rings. The highest BCUT2D eigenvalue weighted by atomic mass is 16.5. The van der Waals surface area contributed by atoms with Crippen molar-refractivity contribution >= 4 is 5.91 Å². The van der Waals surface area contributed by atoms with Crippen LogP contribution in [-0.2, 0) is 0 Å². The molecule has 0 aliphatic carbocycles. The van der Waals surface area contributed by atoms with Crippen molar-refractivity contribution in [2.45, 2.75) is 25.5 Å². The van der Waals surface area contributed by atoms with Crippen molar-refractivity contribution in [1.82, 2.24) is 5.32 Å². The SMILES string of the molecule is COc1cccc(C(=O)N[C@H](C)C[C@@H](O)c2ccccc2)c1O. The minimum absolute atomic E-state index is 0.144. The van der Waals surface area contributed by atoms with Crippen molar-refractivity contribution in [3.63, 3.8) is 0 Å². The average Bonchev–Trinajstić information content (AvgIpc) is 2.55. The predicted octanol–water partition coefficient (Wildman–Crippen LogP) is 2.64. The number of aliphatic hydroxyl groups is 1. The van der Waals surface area contributed by atoms with Crippen LogP contribution < -0.4 is 10.1 Å². The lowest BCUT2D eigenvalue weighted by Crippen LogP contribution is -2.33. The summed E-state index contributed by atoms with van der Waals surface area (Å²) in [5.41, 5.74) is 0.947. The summed E-state index contributed by atoms with van der Waals surface area (Å²) in [6.07, 6.45) is -0.286. The number of carbonyl (C=O) groups excluding carboxylic acids is 1. The number of phenols is 1. The molecule has 0 bridgehead atoms. The Balaban J connectivity index is 2.00. The molecule has 0 saturated carbocycles. The molecule has 0 radical (unpaired) electrons. The van der Waals surface area contributed by atoms with E-state index < -0.39 is 12.0 Å². The number of benzene rings is 2. The van der Waals surface area contributed by atoms with Gasteiger partial charge in [0.05, 0.1) is 18.8 Å². The molecule has 122 valence electrons. The number of ether oxygens (including phenoxy) is 1. The summed E-state index contributed by atoms with van der Waals surface area (Å²) in [4.78, 5) is 12.3. The van der Waals surface area contributed by atoms with Crippen LogP contribution in [0.5, 0.6) is 11.5 Å². The van der Waals surface area contributed by atoms with Gasteiger partial charge in [-0.15, -0.1) is 0 Å². The van der Waals surface area contributed by atoms with Gasteiger partial charge in [0.2, 0.25) is 0 Å². The van der Waals surface area contributed by atoms with Gasteiger partial charge in [0, 0.05) is 6.04 Å². The summed E-state index contributed by atoms with van der Waals surface area (Å²) >= 11 is 0. The highest BCUT2D eigenvalue weighted by molar-refractivity contribution is 5.97. The maximum absolute atomic E-state index is 12.3. The minimum Gasteiger partial charge on any atom is -0.504 e. The summed E-state index contributed by atoms with van der Waals surface area (Å²) < 4.78 is 4.99. The van der Waals surface area contributed by atoms with Gasteiger partial charge < -0.3 is 20.3 Å². The molecule has 0 unspecified atom stereocenters. The Morgan fingerprint density at radius 1 is 1.17 bits per heavy atom. The van der Waals surface area contributed by atoms with Crippen LogP contribution in [0.25, 0.3) is 0 Å². The molecule has 0 aromatic heterocycles. The number of hydrogen-bond acceptors (Lipinski definition) is 4. The van der Waals surface area contributed by atoms with E-state index in [0.29, 0.717) is 6.42 Å². The van der Waals surface area contributed by atoms with Crippen molar-refractivity contribution in [2.75, 3.05) is 7.11 Å². The van der Waals surface area contributed by atoms with Gasteiger partial charge in [0.15, 0.2) is 11.5 Å². The van der Waals surface area contributed by atoms with E-state index in [1.807, 2.05) is 30.3 Å². The fraction of sp³-hybridized carbons (Fsp3) is 0.278. The number of carbonyl (C=O) groups is 1. The quantitative estimate of drug-likeness (QED) is 0.766. The molecule has 3 N–H and O–H groups in total. The van der Waals surface area contributed by atoms with Crippen molar-refractivity contribution < 1.29 is 19.7 Å². The number of aliphatic hydroxyl groups excluding tert-OH is 1. The lowest BCUT2D eigenvalue weighted by atomic mass is 10.0. The second kappa shape index (κ2) is 7.65. The van der Waals surface area contributed by atoms with Crippen molar-refractivity contribution in [2.24, 2.45) is 0 Å². The monoisotopic (exact) mass is 315 g/mol. The fourth-order valence-corrected chi connectivity index (χ4v) is 2.38. The largest absolute Gasteiger partial charge is 0.504 e. The topological polar surface area (TPSA) is 78.8 Å². The molecular formula is C18H21NO4. The standard InChI is InChI=1S/C18H21NO4/c1-12(11-15(20)13-7-4-3-5-8-13)19-18(22)14-9-6-10-16(23-2)17(14)21/h3-10,12,15,20-21H,11H2,1-2H3,(H,19,22)/t12-,15-/m1/s1. The Labute approximate surface area is 135 Å². The number of rotatable bonds is 6. The van der Waals surface area contributed by atoms with Crippen LogP contribution in [0.4, 0.5) is 0 Å². The number of methoxy groups -OCH3 is 1. The second-order valence-electron chi connectivity index (χ2n) is 5.39. The molecule has 0 aliphatic heterocycles. The molecule has 0 aliphatic rings. The third-order valence-electron chi connectivity index (χ3n) is 3.60. The third-order valence-corrected chi connectivity index (χ3v) is 3.60. The van der Waals surface area contributed by atoms with E-state index in [2.05, 4.69) is 5.32 Å². The summed E-state index contributed by atoms with van der Waals surface area (Å²) in [5.74, 6) is -0.355. The van der Waals surface area contributed by atoms with Crippen LogP contribution in [0.2, 0.25) is 0 Å². The first-order valence-corrected chi connectivity index (χ1v) is 7.42. The summed E-state index contributed by atoms with van der Waals surface area (Å²) in [7, 11) is 1.43. The first kappa shape index (κ1) is 16.8. The normalized spacial score (nSPS) is 13.2. The van der Waals surface area contributed by atoms with Crippen molar-refractivity contribution in [3.05, 3.63) is 59.7 Å². The zero-order chi connectivity index (χ0) is 16.8. The number of phenolic OH excluding ortho intramolecular Hbond substituents is 1. The second-order valence-corrected chi connectivity index (χ2v) is 5.39. The van der Waals surface area contributed by atoms with E-state index in [4.69, 9.17) is 4.74 Å². The molecule has 0 heterocycles. The van der Waals surface area contributed by atoms with Gasteiger partial charge in [-0.2, -0.15) is 0 Å². The van der Waals surface area contributed by atoms with Gasteiger partial charge in [-0.1, -0.05) is 36.4 Å². The third kappa shape index (κ3) is 4.23. The zero-order valence-corrected chi connectivity index (χ0v) is 13.2. The molecule has 2 atom stereocenters. The molecule has 2 rings (SSSR count). The van der Waals surface area contributed by atoms with E-state index in [9.17, 15) is 15.0 Å². The van der Waals surface area contributed by atoms with Crippen molar-refractivity contribution in [1.29, 1.82) is 0 Å². The van der Waals surface area contributed by atoms with Crippen LogP contribution in [0.1, 0.15) is 35.4 Å². The van der Waals surface area contributed by atoms with E-state index in [0.717, 1.165) is 5.56 Å². The van der Waals surface area contributed by atoms with Crippen LogP contribution in [-0.4, -0.2) is 29.3 Å². The highest BCUT2D eigenvalue weighted by Gasteiger charge is 2.18. The number of para-hydroxylation sites is 1. The van der Waals surface area contributed by atoms with Crippen molar-refractivity contribution in [3.8, 4) is 11.5 Å². The zero-order valence-electron chi connectivity index (χ0n) is 13.2. The Hall–Kier alpha value is -2.53. The van der Waals surface area contributed by atoms with Crippen LogP contribution in [0, 0.1) is 0 Å². The molecule has 0 saturated heterocycles. The summed E-state index contributed by atoms with van der Waals surface area (Å²) in [5, 5.41) is 23.0. The number of hydrogen-bond donors (Lipinski definition) is 3. The van der Waals surface area contributed by atoms with E-state index in [1.54, 1.807) is 19.1 Å². The lowest BCUT2D eigenvalue weighted by Gasteiger charge is -2.19. The van der Waals surface area contributed by atoms with Crippen LogP contribution in [0.3, 0.4) is 0 Å². The van der Waals surface area contributed by atoms with Gasteiger partial charge in [0.1, 0.15) is 0 Å². The highest BCUT2D eigenvalue weighted by Crippen LogP contribution is 2.29. The van der Waals surface area contributed by atoms with Crippen LogP contribution >= 0.6 is 0 Å². The van der Waals surface area contributed by atoms with Gasteiger partial charge in [0.25, 0.3) is 5.91 Å².